The molecule has 0 bridgehead atoms. The molecule has 0 amide bonds. The number of piperidine rings is 1. The van der Waals surface area contributed by atoms with Gasteiger partial charge in [-0.15, -0.1) is 0 Å². The van der Waals surface area contributed by atoms with Crippen molar-refractivity contribution < 1.29 is 9.90 Å². The van der Waals surface area contributed by atoms with Crippen LogP contribution in [0.15, 0.2) is 0 Å². The van der Waals surface area contributed by atoms with Crippen LogP contribution in [-0.4, -0.2) is 48.7 Å². The fraction of sp³-hybridized carbons (Fsp3) is 0.889. The van der Waals surface area contributed by atoms with E-state index in [0.717, 1.165) is 13.1 Å². The Balaban J connectivity index is 2.93. The maximum Gasteiger partial charge on any atom is 0.324 e. The summed E-state index contributed by atoms with van der Waals surface area (Å²) in [5.41, 5.74) is -0.675. The molecule has 1 heterocycles. The van der Waals surface area contributed by atoms with Gasteiger partial charge in [0, 0.05) is 6.54 Å². The zero-order valence-electron chi connectivity index (χ0n) is 8.50. The highest BCUT2D eigenvalue weighted by Gasteiger charge is 2.46. The Hall–Kier alpha value is -0.610. The highest BCUT2D eigenvalue weighted by molar-refractivity contribution is 5.79. The predicted molar refractivity (Wildman–Crippen MR) is 50.7 cm³/mol. The van der Waals surface area contributed by atoms with Crippen molar-refractivity contribution in [3.8, 4) is 0 Å². The second-order valence-electron chi connectivity index (χ2n) is 3.98. The lowest BCUT2D eigenvalue weighted by Crippen LogP contribution is -2.62. The average molecular weight is 186 g/mol. The molecule has 1 saturated heterocycles. The number of hydrogen-bond donors (Lipinski definition) is 2. The van der Waals surface area contributed by atoms with Gasteiger partial charge in [-0.1, -0.05) is 6.92 Å². The van der Waals surface area contributed by atoms with E-state index in [2.05, 4.69) is 5.32 Å². The van der Waals surface area contributed by atoms with Gasteiger partial charge in [-0.3, -0.25) is 9.69 Å². The van der Waals surface area contributed by atoms with Gasteiger partial charge in [-0.25, -0.2) is 0 Å². The number of aliphatic carboxylic acids is 1. The molecule has 0 aromatic heterocycles. The number of likely N-dealkylation sites (N-methyl/N-ethyl adjacent to an activating group) is 1. The van der Waals surface area contributed by atoms with Gasteiger partial charge in [0.2, 0.25) is 0 Å². The van der Waals surface area contributed by atoms with Crippen molar-refractivity contribution in [1.29, 1.82) is 0 Å². The summed E-state index contributed by atoms with van der Waals surface area (Å²) < 4.78 is 0. The van der Waals surface area contributed by atoms with Crippen molar-refractivity contribution in [1.82, 2.24) is 10.2 Å². The first-order valence-corrected chi connectivity index (χ1v) is 4.63. The molecule has 13 heavy (non-hydrogen) atoms. The highest BCUT2D eigenvalue weighted by Crippen LogP contribution is 2.29. The third kappa shape index (κ3) is 1.56. The fourth-order valence-corrected chi connectivity index (χ4v) is 2.19. The van der Waals surface area contributed by atoms with Gasteiger partial charge in [0.15, 0.2) is 0 Å². The zero-order chi connectivity index (χ0) is 10.1. The van der Waals surface area contributed by atoms with Crippen LogP contribution < -0.4 is 5.32 Å². The van der Waals surface area contributed by atoms with Crippen LogP contribution in [0.25, 0.3) is 0 Å². The molecule has 4 heteroatoms. The van der Waals surface area contributed by atoms with Gasteiger partial charge >= 0.3 is 5.97 Å². The summed E-state index contributed by atoms with van der Waals surface area (Å²) >= 11 is 0. The van der Waals surface area contributed by atoms with E-state index in [4.69, 9.17) is 0 Å². The minimum atomic E-state index is -0.702. The van der Waals surface area contributed by atoms with Crippen molar-refractivity contribution in [3.05, 3.63) is 0 Å². The van der Waals surface area contributed by atoms with Crippen molar-refractivity contribution >= 4 is 5.97 Å². The SMILES string of the molecule is CC1CNCCC1(C(=O)O)N(C)C. The van der Waals surface area contributed by atoms with E-state index < -0.39 is 11.5 Å². The third-order valence-corrected chi connectivity index (χ3v) is 3.12. The first-order valence-electron chi connectivity index (χ1n) is 4.63. The van der Waals surface area contributed by atoms with Crippen LogP contribution in [0.4, 0.5) is 0 Å². The van der Waals surface area contributed by atoms with E-state index in [0.29, 0.717) is 6.42 Å². The van der Waals surface area contributed by atoms with E-state index >= 15 is 0 Å². The number of nitrogens with zero attached hydrogens (tertiary/aromatic N) is 1. The highest BCUT2D eigenvalue weighted by atomic mass is 16.4. The Bertz CT molecular complexity index is 206. The number of carboxylic acids is 1. The molecular weight excluding hydrogens is 168 g/mol. The van der Waals surface area contributed by atoms with Crippen LogP contribution in [0, 0.1) is 5.92 Å². The zero-order valence-corrected chi connectivity index (χ0v) is 8.50. The van der Waals surface area contributed by atoms with E-state index in [1.54, 1.807) is 0 Å². The van der Waals surface area contributed by atoms with Gasteiger partial charge in [0.25, 0.3) is 0 Å². The smallest absolute Gasteiger partial charge is 0.324 e. The van der Waals surface area contributed by atoms with Crippen molar-refractivity contribution in [2.45, 2.75) is 18.9 Å². The average Bonchev–Trinajstić information content (AvgIpc) is 2.04. The largest absolute Gasteiger partial charge is 0.480 e. The molecule has 2 unspecified atom stereocenters. The molecule has 1 rings (SSSR count). The molecule has 1 aliphatic heterocycles. The minimum absolute atomic E-state index is 0.147. The Labute approximate surface area is 78.9 Å². The number of hydrogen-bond acceptors (Lipinski definition) is 3. The van der Waals surface area contributed by atoms with E-state index in [9.17, 15) is 9.90 Å². The van der Waals surface area contributed by atoms with E-state index in [1.165, 1.54) is 0 Å². The molecule has 0 saturated carbocycles. The summed E-state index contributed by atoms with van der Waals surface area (Å²) in [5, 5.41) is 12.5. The lowest BCUT2D eigenvalue weighted by Gasteiger charge is -2.44. The topological polar surface area (TPSA) is 52.6 Å². The molecule has 2 atom stereocenters. The standard InChI is InChI=1S/C9H18N2O2/c1-7-6-10-5-4-9(7,8(12)13)11(2)3/h7,10H,4-6H2,1-3H3,(H,12,13). The monoisotopic (exact) mass is 186 g/mol. The van der Waals surface area contributed by atoms with Gasteiger partial charge in [0.1, 0.15) is 5.54 Å². The molecule has 1 fully saturated rings. The molecule has 0 aromatic rings. The van der Waals surface area contributed by atoms with Gasteiger partial charge in [-0.2, -0.15) is 0 Å². The lowest BCUT2D eigenvalue weighted by molar-refractivity contribution is -0.155. The Morgan fingerprint density at radius 3 is 2.54 bits per heavy atom. The third-order valence-electron chi connectivity index (χ3n) is 3.12. The first-order chi connectivity index (χ1) is 6.01. The maximum atomic E-state index is 11.3. The summed E-state index contributed by atoms with van der Waals surface area (Å²) in [6, 6.07) is 0. The van der Waals surface area contributed by atoms with Crippen LogP contribution in [-0.2, 0) is 4.79 Å². The minimum Gasteiger partial charge on any atom is -0.480 e. The van der Waals surface area contributed by atoms with Gasteiger partial charge in [0.05, 0.1) is 0 Å². The maximum absolute atomic E-state index is 11.3. The summed E-state index contributed by atoms with van der Waals surface area (Å²) in [6.07, 6.45) is 0.677. The first kappa shape index (κ1) is 10.5. The summed E-state index contributed by atoms with van der Waals surface area (Å²) in [5.74, 6) is -0.555. The summed E-state index contributed by atoms with van der Waals surface area (Å²) in [6.45, 7) is 3.56. The van der Waals surface area contributed by atoms with Crippen molar-refractivity contribution in [2.75, 3.05) is 27.2 Å². The lowest BCUT2D eigenvalue weighted by atomic mass is 9.78. The van der Waals surface area contributed by atoms with Crippen LogP contribution >= 0.6 is 0 Å². The number of carbonyl (C=O) groups is 1. The number of nitrogens with one attached hydrogen (secondary N) is 1. The van der Waals surface area contributed by atoms with E-state index in [-0.39, 0.29) is 5.92 Å². The molecule has 76 valence electrons. The normalized spacial score (nSPS) is 34.9. The molecule has 4 nitrogen and oxygen atoms in total. The second-order valence-corrected chi connectivity index (χ2v) is 3.98. The number of carboxylic acid groups (broad SMARTS) is 1. The van der Waals surface area contributed by atoms with Crippen LogP contribution in [0.2, 0.25) is 0 Å². The summed E-state index contributed by atoms with van der Waals surface area (Å²) in [4.78, 5) is 13.1. The second kappa shape index (κ2) is 3.64. The molecule has 0 aromatic carbocycles. The Kier molecular flexibility index (Phi) is 2.93. The summed E-state index contributed by atoms with van der Waals surface area (Å²) in [7, 11) is 3.69. The van der Waals surface area contributed by atoms with Crippen molar-refractivity contribution in [2.24, 2.45) is 5.92 Å². The Morgan fingerprint density at radius 1 is 1.62 bits per heavy atom. The molecule has 0 radical (unpaired) electrons. The van der Waals surface area contributed by atoms with Gasteiger partial charge in [-0.05, 0) is 33.0 Å². The van der Waals surface area contributed by atoms with Gasteiger partial charge < -0.3 is 10.4 Å². The predicted octanol–water partition coefficient (Wildman–Crippen LogP) is 0.000800. The van der Waals surface area contributed by atoms with Crippen LogP contribution in [0.1, 0.15) is 13.3 Å². The quantitative estimate of drug-likeness (QED) is 0.637. The molecule has 0 aliphatic carbocycles. The van der Waals surface area contributed by atoms with Crippen molar-refractivity contribution in [3.63, 3.8) is 0 Å². The van der Waals surface area contributed by atoms with Crippen LogP contribution in [0.3, 0.4) is 0 Å². The fourth-order valence-electron chi connectivity index (χ4n) is 2.19. The number of rotatable bonds is 2. The molecule has 2 N–H and O–H groups in total. The molecular formula is C9H18N2O2. The molecule has 0 spiro atoms. The van der Waals surface area contributed by atoms with Crippen LogP contribution in [0.5, 0.6) is 0 Å². The van der Waals surface area contributed by atoms with E-state index in [1.807, 2.05) is 25.9 Å². The Morgan fingerprint density at radius 2 is 2.23 bits per heavy atom. The molecule has 1 aliphatic rings.